The zero-order valence-electron chi connectivity index (χ0n) is 17.4. The van der Waals surface area contributed by atoms with Crippen molar-refractivity contribution in [3.8, 4) is 5.75 Å². The number of hydrogen-bond acceptors (Lipinski definition) is 8. The molecule has 2 aromatic rings. The molecule has 0 radical (unpaired) electrons. The van der Waals surface area contributed by atoms with E-state index in [1.165, 1.54) is 32.2 Å². The van der Waals surface area contributed by atoms with Crippen LogP contribution in [0, 0.1) is 0 Å². The Bertz CT molecular complexity index is 1080. The zero-order valence-corrected chi connectivity index (χ0v) is 17.4. The molecule has 1 N–H and O–H groups in total. The first-order valence-corrected chi connectivity index (χ1v) is 9.21. The molecule has 3 amide bonds. The quantitative estimate of drug-likeness (QED) is 0.322. The first-order valence-electron chi connectivity index (χ1n) is 9.21. The minimum absolute atomic E-state index is 0.00996. The summed E-state index contributed by atoms with van der Waals surface area (Å²) in [6.45, 7) is 1.10. The van der Waals surface area contributed by atoms with Gasteiger partial charge in [-0.15, -0.1) is 0 Å². The lowest BCUT2D eigenvalue weighted by atomic mass is 10.1. The van der Waals surface area contributed by atoms with E-state index < -0.39 is 23.9 Å². The van der Waals surface area contributed by atoms with E-state index in [9.17, 15) is 19.2 Å². The molecular weight excluding hydrogens is 406 g/mol. The third-order valence-electron chi connectivity index (χ3n) is 4.39. The Hall–Kier alpha value is -4.08. The van der Waals surface area contributed by atoms with Crippen LogP contribution in [0.4, 0.5) is 10.5 Å². The van der Waals surface area contributed by atoms with Gasteiger partial charge in [-0.3, -0.25) is 14.5 Å². The van der Waals surface area contributed by atoms with E-state index in [-0.39, 0.29) is 29.5 Å². The normalized spacial score (nSPS) is 14.6. The summed E-state index contributed by atoms with van der Waals surface area (Å²) in [5.74, 6) is -1.32. The Labute approximate surface area is 178 Å². The summed E-state index contributed by atoms with van der Waals surface area (Å²) in [6.07, 6.45) is 1.43. The predicted molar refractivity (Wildman–Crippen MR) is 109 cm³/mol. The SMILES string of the molecule is COC(=O)c1ccc(CN2C(=O)NC(=Cc3ccc(N(C)C)cc3OC(C)=O)C2=O)o1. The number of esters is 2. The molecule has 0 bridgehead atoms. The van der Waals surface area contributed by atoms with Crippen molar-refractivity contribution in [2.45, 2.75) is 13.5 Å². The van der Waals surface area contributed by atoms with Gasteiger partial charge in [-0.2, -0.15) is 0 Å². The van der Waals surface area contributed by atoms with E-state index in [0.717, 1.165) is 10.6 Å². The highest BCUT2D eigenvalue weighted by atomic mass is 16.5. The molecule has 10 nitrogen and oxygen atoms in total. The summed E-state index contributed by atoms with van der Waals surface area (Å²) in [7, 11) is 4.89. The van der Waals surface area contributed by atoms with Gasteiger partial charge in [0, 0.05) is 38.3 Å². The van der Waals surface area contributed by atoms with Gasteiger partial charge < -0.3 is 24.1 Å². The first kappa shape index (κ1) is 21.6. The van der Waals surface area contributed by atoms with Crippen LogP contribution in [0.2, 0.25) is 0 Å². The number of nitrogens with zero attached hydrogens (tertiary/aromatic N) is 2. The highest BCUT2D eigenvalue weighted by Crippen LogP contribution is 2.28. The molecule has 31 heavy (non-hydrogen) atoms. The summed E-state index contributed by atoms with van der Waals surface area (Å²) in [5.41, 5.74) is 1.24. The van der Waals surface area contributed by atoms with Crippen LogP contribution in [0.5, 0.6) is 5.75 Å². The zero-order chi connectivity index (χ0) is 22.7. The summed E-state index contributed by atoms with van der Waals surface area (Å²) >= 11 is 0. The van der Waals surface area contributed by atoms with Gasteiger partial charge in [-0.1, -0.05) is 0 Å². The lowest BCUT2D eigenvalue weighted by molar-refractivity contribution is -0.131. The van der Waals surface area contributed by atoms with Crippen molar-refractivity contribution in [2.75, 3.05) is 26.1 Å². The molecule has 162 valence electrons. The maximum atomic E-state index is 12.8. The van der Waals surface area contributed by atoms with Gasteiger partial charge in [0.15, 0.2) is 0 Å². The Balaban J connectivity index is 1.85. The smallest absolute Gasteiger partial charge is 0.373 e. The molecule has 1 aromatic carbocycles. The fourth-order valence-corrected chi connectivity index (χ4v) is 2.86. The molecule has 0 atom stereocenters. The molecular formula is C21H21N3O7. The van der Waals surface area contributed by atoms with Crippen molar-refractivity contribution in [3.63, 3.8) is 0 Å². The minimum Gasteiger partial charge on any atom is -0.463 e. The maximum Gasteiger partial charge on any atom is 0.373 e. The first-order chi connectivity index (χ1) is 14.7. The molecule has 0 aliphatic carbocycles. The lowest BCUT2D eigenvalue weighted by Gasteiger charge is -2.15. The molecule has 1 aromatic heterocycles. The number of urea groups is 1. The average molecular weight is 427 g/mol. The van der Waals surface area contributed by atoms with Gasteiger partial charge in [-0.25, -0.2) is 9.59 Å². The van der Waals surface area contributed by atoms with Gasteiger partial charge in [-0.05, 0) is 30.3 Å². The van der Waals surface area contributed by atoms with E-state index in [1.54, 1.807) is 18.2 Å². The Morgan fingerprint density at radius 3 is 2.58 bits per heavy atom. The highest BCUT2D eigenvalue weighted by Gasteiger charge is 2.34. The molecule has 1 aliphatic rings. The number of ether oxygens (including phenoxy) is 2. The fraction of sp³-hybridized carbons (Fsp3) is 0.238. The van der Waals surface area contributed by atoms with E-state index in [2.05, 4.69) is 10.1 Å². The molecule has 10 heteroatoms. The molecule has 0 unspecified atom stereocenters. The maximum absolute atomic E-state index is 12.8. The third kappa shape index (κ3) is 4.74. The van der Waals surface area contributed by atoms with Crippen LogP contribution in [0.3, 0.4) is 0 Å². The Morgan fingerprint density at radius 2 is 1.94 bits per heavy atom. The lowest BCUT2D eigenvalue weighted by Crippen LogP contribution is -2.30. The van der Waals surface area contributed by atoms with Gasteiger partial charge in [0.05, 0.1) is 13.7 Å². The van der Waals surface area contributed by atoms with Crippen molar-refractivity contribution < 1.29 is 33.1 Å². The topological polar surface area (TPSA) is 118 Å². The van der Waals surface area contributed by atoms with E-state index in [0.29, 0.717) is 5.56 Å². The van der Waals surface area contributed by atoms with Crippen LogP contribution in [0.1, 0.15) is 28.8 Å². The number of anilines is 1. The number of benzene rings is 1. The minimum atomic E-state index is -0.664. The second kappa shape index (κ2) is 8.74. The van der Waals surface area contributed by atoms with Crippen LogP contribution < -0.4 is 15.0 Å². The number of nitrogens with one attached hydrogen (secondary N) is 1. The monoisotopic (exact) mass is 427 g/mol. The molecule has 0 saturated carbocycles. The number of methoxy groups -OCH3 is 1. The molecule has 1 fully saturated rings. The molecule has 2 heterocycles. The van der Waals surface area contributed by atoms with Gasteiger partial charge in [0.25, 0.3) is 5.91 Å². The van der Waals surface area contributed by atoms with Crippen LogP contribution in [-0.2, 0) is 20.9 Å². The van der Waals surface area contributed by atoms with Gasteiger partial charge in [0.1, 0.15) is 17.2 Å². The van der Waals surface area contributed by atoms with E-state index >= 15 is 0 Å². The van der Waals surface area contributed by atoms with Crippen LogP contribution in [0.15, 0.2) is 40.4 Å². The average Bonchev–Trinajstić information content (AvgIpc) is 3.28. The predicted octanol–water partition coefficient (Wildman–Crippen LogP) is 2.15. The number of carbonyl (C=O) groups is 4. The van der Waals surface area contributed by atoms with Gasteiger partial charge in [0.2, 0.25) is 5.76 Å². The van der Waals surface area contributed by atoms with E-state index in [1.807, 2.05) is 19.0 Å². The van der Waals surface area contributed by atoms with E-state index in [4.69, 9.17) is 9.15 Å². The number of rotatable bonds is 6. The second-order valence-electron chi connectivity index (χ2n) is 6.85. The number of carbonyl (C=O) groups excluding carboxylic acids is 4. The number of imide groups is 1. The van der Waals surface area contributed by atoms with Crippen LogP contribution in [-0.4, -0.2) is 50.0 Å². The van der Waals surface area contributed by atoms with Crippen molar-refractivity contribution in [3.05, 3.63) is 53.1 Å². The van der Waals surface area contributed by atoms with Crippen LogP contribution in [0.25, 0.3) is 6.08 Å². The molecule has 3 rings (SSSR count). The van der Waals surface area contributed by atoms with Gasteiger partial charge >= 0.3 is 18.0 Å². The van der Waals surface area contributed by atoms with Crippen molar-refractivity contribution >= 4 is 35.6 Å². The summed E-state index contributed by atoms with van der Waals surface area (Å²) in [6, 6.07) is 7.35. The highest BCUT2D eigenvalue weighted by molar-refractivity contribution is 6.14. The second-order valence-corrected chi connectivity index (χ2v) is 6.85. The molecule has 1 aliphatic heterocycles. The molecule has 0 spiro atoms. The number of amides is 3. The molecule has 1 saturated heterocycles. The summed E-state index contributed by atoms with van der Waals surface area (Å²) in [5, 5.41) is 2.50. The van der Waals surface area contributed by atoms with Crippen LogP contribution >= 0.6 is 0 Å². The largest absolute Gasteiger partial charge is 0.463 e. The Kier molecular flexibility index (Phi) is 6.10. The van der Waals surface area contributed by atoms with Crippen molar-refractivity contribution in [1.29, 1.82) is 0 Å². The fourth-order valence-electron chi connectivity index (χ4n) is 2.86. The Morgan fingerprint density at radius 1 is 1.19 bits per heavy atom. The number of hydrogen-bond donors (Lipinski definition) is 1. The third-order valence-corrected chi connectivity index (χ3v) is 4.39. The van der Waals surface area contributed by atoms with Crippen molar-refractivity contribution in [2.24, 2.45) is 0 Å². The number of furan rings is 1. The van der Waals surface area contributed by atoms with Crippen molar-refractivity contribution in [1.82, 2.24) is 10.2 Å². The standard InChI is InChI=1S/C21H21N3O7/c1-12(25)30-18-10-14(23(2)3)6-5-13(18)9-16-19(26)24(21(28)22-16)11-15-7-8-17(31-15)20(27)29-4/h5-10H,11H2,1-4H3,(H,22,28). The summed E-state index contributed by atoms with van der Waals surface area (Å²) in [4.78, 5) is 50.8. The summed E-state index contributed by atoms with van der Waals surface area (Å²) < 4.78 is 15.1.